The summed E-state index contributed by atoms with van der Waals surface area (Å²) in [6, 6.07) is 5.89. The molecule has 0 aromatic heterocycles. The van der Waals surface area contributed by atoms with Gasteiger partial charge in [0, 0.05) is 11.0 Å². The fourth-order valence-corrected chi connectivity index (χ4v) is 2.42. The highest BCUT2D eigenvalue weighted by molar-refractivity contribution is 9.10. The number of piperidine rings is 1. The monoisotopic (exact) mass is 296 g/mol. The third-order valence-corrected chi connectivity index (χ3v) is 4.17. The molecule has 1 aliphatic rings. The summed E-state index contributed by atoms with van der Waals surface area (Å²) in [6.07, 6.45) is 2.05. The topological polar surface area (TPSA) is 41.1 Å². The number of anilines is 1. The van der Waals surface area contributed by atoms with Gasteiger partial charge in [-0.1, -0.05) is 12.1 Å². The van der Waals surface area contributed by atoms with E-state index in [2.05, 4.69) is 26.6 Å². The van der Waals surface area contributed by atoms with Crippen LogP contribution < -0.4 is 10.6 Å². The van der Waals surface area contributed by atoms with Crippen LogP contribution in [0.5, 0.6) is 0 Å². The van der Waals surface area contributed by atoms with E-state index in [0.717, 1.165) is 41.7 Å². The Bertz CT molecular complexity index is 414. The van der Waals surface area contributed by atoms with Crippen molar-refractivity contribution in [1.29, 1.82) is 0 Å². The Morgan fingerprint density at radius 2 is 2.35 bits per heavy atom. The van der Waals surface area contributed by atoms with Gasteiger partial charge in [0.1, 0.15) is 0 Å². The number of carbonyl (C=O) groups excluding carboxylic acids is 1. The Balaban J connectivity index is 2.04. The summed E-state index contributed by atoms with van der Waals surface area (Å²) < 4.78 is 0.970. The highest BCUT2D eigenvalue weighted by atomic mass is 79.9. The number of benzene rings is 1. The molecular formula is C13H17BrN2O. The van der Waals surface area contributed by atoms with Gasteiger partial charge in [-0.2, -0.15) is 0 Å². The molecule has 1 heterocycles. The minimum absolute atomic E-state index is 0.0937. The van der Waals surface area contributed by atoms with Crippen molar-refractivity contribution in [2.24, 2.45) is 5.92 Å². The summed E-state index contributed by atoms with van der Waals surface area (Å²) in [5.41, 5.74) is 1.99. The molecule has 0 bridgehead atoms. The molecule has 4 heteroatoms. The van der Waals surface area contributed by atoms with Crippen LogP contribution in [0, 0.1) is 12.8 Å². The van der Waals surface area contributed by atoms with Crippen LogP contribution in [0.4, 0.5) is 5.69 Å². The highest BCUT2D eigenvalue weighted by Crippen LogP contribution is 2.26. The van der Waals surface area contributed by atoms with E-state index >= 15 is 0 Å². The van der Waals surface area contributed by atoms with Gasteiger partial charge in [0.25, 0.3) is 0 Å². The van der Waals surface area contributed by atoms with Gasteiger partial charge in [-0.05, 0) is 53.9 Å². The molecule has 1 aromatic carbocycles. The maximum absolute atomic E-state index is 12.1. The number of halogens is 1. The van der Waals surface area contributed by atoms with Gasteiger partial charge < -0.3 is 10.6 Å². The molecule has 0 radical (unpaired) electrons. The second kappa shape index (κ2) is 5.65. The summed E-state index contributed by atoms with van der Waals surface area (Å²) in [6.45, 7) is 3.83. The second-order valence-corrected chi connectivity index (χ2v) is 5.26. The predicted octanol–water partition coefficient (Wildman–Crippen LogP) is 2.70. The highest BCUT2D eigenvalue weighted by Gasteiger charge is 2.21. The van der Waals surface area contributed by atoms with Gasteiger partial charge in [0.05, 0.1) is 11.6 Å². The van der Waals surface area contributed by atoms with Crippen LogP contribution in [0.2, 0.25) is 0 Å². The number of rotatable bonds is 2. The summed E-state index contributed by atoms with van der Waals surface area (Å²) in [4.78, 5) is 12.1. The molecule has 0 aliphatic carbocycles. The Kier molecular flexibility index (Phi) is 4.18. The Morgan fingerprint density at radius 3 is 3.06 bits per heavy atom. The van der Waals surface area contributed by atoms with E-state index in [9.17, 15) is 4.79 Å². The second-order valence-electron chi connectivity index (χ2n) is 4.47. The molecule has 3 nitrogen and oxygen atoms in total. The number of amides is 1. The smallest absolute Gasteiger partial charge is 0.228 e. The lowest BCUT2D eigenvalue weighted by molar-refractivity contribution is -0.120. The molecule has 1 aromatic rings. The lowest BCUT2D eigenvalue weighted by Gasteiger charge is -2.22. The van der Waals surface area contributed by atoms with Gasteiger partial charge in [-0.3, -0.25) is 4.79 Å². The van der Waals surface area contributed by atoms with Gasteiger partial charge in [-0.25, -0.2) is 0 Å². The van der Waals surface area contributed by atoms with E-state index in [1.807, 2.05) is 25.1 Å². The molecule has 92 valence electrons. The summed E-state index contributed by atoms with van der Waals surface area (Å²) in [7, 11) is 0. The SMILES string of the molecule is Cc1cccc(NC(=O)[C@H]2CCCNC2)c1Br. The van der Waals surface area contributed by atoms with E-state index in [1.165, 1.54) is 0 Å². The number of carbonyl (C=O) groups is 1. The van der Waals surface area contributed by atoms with Crippen molar-refractivity contribution in [2.75, 3.05) is 18.4 Å². The van der Waals surface area contributed by atoms with Crippen LogP contribution >= 0.6 is 15.9 Å². The number of aryl methyl sites for hydroxylation is 1. The van der Waals surface area contributed by atoms with E-state index in [-0.39, 0.29) is 11.8 Å². The Labute approximate surface area is 110 Å². The molecule has 1 atom stereocenters. The van der Waals surface area contributed by atoms with Gasteiger partial charge in [0.2, 0.25) is 5.91 Å². The zero-order valence-electron chi connectivity index (χ0n) is 9.92. The standard InChI is InChI=1S/C13H17BrN2O/c1-9-4-2-6-11(12(9)14)16-13(17)10-5-3-7-15-8-10/h2,4,6,10,15H,3,5,7-8H2,1H3,(H,16,17)/t10-/m0/s1. The average Bonchev–Trinajstić information content (AvgIpc) is 2.36. The molecule has 1 aliphatic heterocycles. The van der Waals surface area contributed by atoms with E-state index in [1.54, 1.807) is 0 Å². The fraction of sp³-hybridized carbons (Fsp3) is 0.462. The zero-order chi connectivity index (χ0) is 12.3. The van der Waals surface area contributed by atoms with Crippen LogP contribution in [0.15, 0.2) is 22.7 Å². The van der Waals surface area contributed by atoms with Crippen molar-refractivity contribution < 1.29 is 4.79 Å². The third-order valence-electron chi connectivity index (χ3n) is 3.12. The molecule has 2 N–H and O–H groups in total. The molecule has 1 amide bonds. The minimum Gasteiger partial charge on any atom is -0.325 e. The van der Waals surface area contributed by atoms with Gasteiger partial charge >= 0.3 is 0 Å². The molecule has 0 saturated carbocycles. The normalized spacial score (nSPS) is 20.0. The number of nitrogens with one attached hydrogen (secondary N) is 2. The number of hydrogen-bond acceptors (Lipinski definition) is 2. The molecule has 17 heavy (non-hydrogen) atoms. The predicted molar refractivity (Wildman–Crippen MR) is 73.1 cm³/mol. The van der Waals surface area contributed by atoms with Gasteiger partial charge in [-0.15, -0.1) is 0 Å². The molecular weight excluding hydrogens is 280 g/mol. The van der Waals surface area contributed by atoms with Crippen molar-refractivity contribution in [1.82, 2.24) is 5.32 Å². The lowest BCUT2D eigenvalue weighted by atomic mass is 9.99. The van der Waals surface area contributed by atoms with E-state index in [0.29, 0.717) is 0 Å². The zero-order valence-corrected chi connectivity index (χ0v) is 11.5. The molecule has 2 rings (SSSR count). The van der Waals surface area contributed by atoms with Crippen LogP contribution in [-0.2, 0) is 4.79 Å². The fourth-order valence-electron chi connectivity index (χ4n) is 2.05. The van der Waals surface area contributed by atoms with Crippen LogP contribution in [-0.4, -0.2) is 19.0 Å². The lowest BCUT2D eigenvalue weighted by Crippen LogP contribution is -2.37. The molecule has 0 unspecified atom stereocenters. The first kappa shape index (κ1) is 12.6. The summed E-state index contributed by atoms with van der Waals surface area (Å²) >= 11 is 3.50. The van der Waals surface area contributed by atoms with Crippen molar-refractivity contribution >= 4 is 27.5 Å². The third kappa shape index (κ3) is 3.07. The van der Waals surface area contributed by atoms with Crippen molar-refractivity contribution in [3.8, 4) is 0 Å². The average molecular weight is 297 g/mol. The maximum Gasteiger partial charge on any atom is 0.228 e. The Morgan fingerprint density at radius 1 is 1.53 bits per heavy atom. The molecule has 1 saturated heterocycles. The first-order valence-corrected chi connectivity index (χ1v) is 6.74. The van der Waals surface area contributed by atoms with Crippen LogP contribution in [0.25, 0.3) is 0 Å². The van der Waals surface area contributed by atoms with E-state index in [4.69, 9.17) is 0 Å². The van der Waals surface area contributed by atoms with Crippen molar-refractivity contribution in [3.63, 3.8) is 0 Å². The maximum atomic E-state index is 12.1. The molecule has 0 spiro atoms. The van der Waals surface area contributed by atoms with Crippen LogP contribution in [0.1, 0.15) is 18.4 Å². The van der Waals surface area contributed by atoms with E-state index < -0.39 is 0 Å². The summed E-state index contributed by atoms with van der Waals surface area (Å²) in [5.74, 6) is 0.208. The Hall–Kier alpha value is -0.870. The first-order chi connectivity index (χ1) is 8.18. The van der Waals surface area contributed by atoms with Crippen molar-refractivity contribution in [2.45, 2.75) is 19.8 Å². The first-order valence-electron chi connectivity index (χ1n) is 5.95. The number of hydrogen-bond donors (Lipinski definition) is 2. The quantitative estimate of drug-likeness (QED) is 0.881. The minimum atomic E-state index is 0.0937. The summed E-state index contributed by atoms with van der Waals surface area (Å²) in [5, 5.41) is 6.25. The van der Waals surface area contributed by atoms with Crippen molar-refractivity contribution in [3.05, 3.63) is 28.2 Å². The van der Waals surface area contributed by atoms with Gasteiger partial charge in [0.15, 0.2) is 0 Å². The molecule has 1 fully saturated rings. The largest absolute Gasteiger partial charge is 0.325 e. The van der Waals surface area contributed by atoms with Crippen LogP contribution in [0.3, 0.4) is 0 Å².